The number of fused-ring (bicyclic) bond motifs is 1. The highest BCUT2D eigenvalue weighted by Gasteiger charge is 2.30. The minimum Gasteiger partial charge on any atom is -0.464 e. The van der Waals surface area contributed by atoms with Crippen LogP contribution in [-0.4, -0.2) is 6.04 Å². The molecule has 1 aromatic heterocycles. The van der Waals surface area contributed by atoms with Crippen molar-refractivity contribution >= 4 is 0 Å². The van der Waals surface area contributed by atoms with Gasteiger partial charge in [-0.25, -0.2) is 0 Å². The van der Waals surface area contributed by atoms with Crippen LogP contribution in [0.2, 0.25) is 0 Å². The summed E-state index contributed by atoms with van der Waals surface area (Å²) in [6.07, 6.45) is 7.49. The van der Waals surface area contributed by atoms with Gasteiger partial charge in [0.05, 0.1) is 6.04 Å². The fourth-order valence-electron chi connectivity index (χ4n) is 2.49. The second kappa shape index (κ2) is 3.67. The lowest BCUT2D eigenvalue weighted by Gasteiger charge is -2.22. The molecule has 2 heteroatoms. The van der Waals surface area contributed by atoms with E-state index >= 15 is 0 Å². The molecule has 0 bridgehead atoms. The minimum absolute atomic E-state index is 0.501. The number of hydrogen-bond acceptors (Lipinski definition) is 2. The predicted octanol–water partition coefficient (Wildman–Crippen LogP) is 2.97. The summed E-state index contributed by atoms with van der Waals surface area (Å²) in [6, 6.07) is 3.54. The van der Waals surface area contributed by atoms with Crippen LogP contribution >= 0.6 is 0 Å². The third-order valence-corrected chi connectivity index (χ3v) is 3.51. The molecule has 1 aromatic rings. The lowest BCUT2D eigenvalue weighted by atomic mass is 9.94. The average Bonchev–Trinajstić information content (AvgIpc) is 2.96. The SMILES string of the molecule is CCc1cc2c(o1)C(NC1CC1)CCC2. The van der Waals surface area contributed by atoms with E-state index < -0.39 is 0 Å². The predicted molar refractivity (Wildman–Crippen MR) is 59.9 cm³/mol. The largest absolute Gasteiger partial charge is 0.464 e. The van der Waals surface area contributed by atoms with Crippen LogP contribution in [0, 0.1) is 0 Å². The second-order valence-electron chi connectivity index (χ2n) is 4.84. The molecule has 1 saturated carbocycles. The number of hydrogen-bond donors (Lipinski definition) is 1. The van der Waals surface area contributed by atoms with E-state index in [1.54, 1.807) is 0 Å². The number of furan rings is 1. The molecular formula is C13H19NO. The van der Waals surface area contributed by atoms with E-state index in [9.17, 15) is 0 Å². The van der Waals surface area contributed by atoms with E-state index in [1.807, 2.05) is 0 Å². The zero-order valence-corrected chi connectivity index (χ0v) is 9.38. The maximum atomic E-state index is 5.93. The summed E-state index contributed by atoms with van der Waals surface area (Å²) >= 11 is 0. The van der Waals surface area contributed by atoms with Crippen molar-refractivity contribution in [2.75, 3.05) is 0 Å². The maximum Gasteiger partial charge on any atom is 0.124 e. The van der Waals surface area contributed by atoms with E-state index in [0.717, 1.165) is 18.2 Å². The third-order valence-electron chi connectivity index (χ3n) is 3.51. The molecule has 1 N–H and O–H groups in total. The highest BCUT2D eigenvalue weighted by atomic mass is 16.3. The molecule has 2 aliphatic carbocycles. The Bertz CT molecular complexity index is 351. The summed E-state index contributed by atoms with van der Waals surface area (Å²) in [5.41, 5.74) is 1.45. The van der Waals surface area contributed by atoms with Crippen molar-refractivity contribution in [1.29, 1.82) is 0 Å². The molecule has 1 heterocycles. The fourth-order valence-corrected chi connectivity index (χ4v) is 2.49. The Balaban J connectivity index is 1.83. The van der Waals surface area contributed by atoms with Gasteiger partial charge >= 0.3 is 0 Å². The van der Waals surface area contributed by atoms with Gasteiger partial charge in [-0.3, -0.25) is 0 Å². The van der Waals surface area contributed by atoms with Crippen LogP contribution in [0.15, 0.2) is 10.5 Å². The van der Waals surface area contributed by atoms with Gasteiger partial charge in [0.1, 0.15) is 11.5 Å². The molecule has 1 fully saturated rings. The van der Waals surface area contributed by atoms with Gasteiger partial charge in [0.25, 0.3) is 0 Å². The summed E-state index contributed by atoms with van der Waals surface area (Å²) in [6.45, 7) is 2.16. The third kappa shape index (κ3) is 1.83. The molecule has 2 nitrogen and oxygen atoms in total. The highest BCUT2D eigenvalue weighted by Crippen LogP contribution is 2.35. The Morgan fingerprint density at radius 1 is 1.40 bits per heavy atom. The molecule has 1 atom stereocenters. The molecule has 2 aliphatic rings. The number of rotatable bonds is 3. The van der Waals surface area contributed by atoms with Crippen LogP contribution in [0.5, 0.6) is 0 Å². The zero-order chi connectivity index (χ0) is 10.3. The van der Waals surface area contributed by atoms with Crippen LogP contribution in [0.4, 0.5) is 0 Å². The van der Waals surface area contributed by atoms with Crippen LogP contribution in [-0.2, 0) is 12.8 Å². The Hall–Kier alpha value is -0.760. The van der Waals surface area contributed by atoms with Crippen molar-refractivity contribution in [3.63, 3.8) is 0 Å². The summed E-state index contributed by atoms with van der Waals surface area (Å²) in [5.74, 6) is 2.40. The van der Waals surface area contributed by atoms with Gasteiger partial charge in [0.15, 0.2) is 0 Å². The maximum absolute atomic E-state index is 5.93. The number of aryl methyl sites for hydroxylation is 2. The molecule has 0 spiro atoms. The van der Waals surface area contributed by atoms with Gasteiger partial charge in [-0.1, -0.05) is 6.92 Å². The Morgan fingerprint density at radius 2 is 2.27 bits per heavy atom. The highest BCUT2D eigenvalue weighted by molar-refractivity contribution is 5.27. The molecule has 0 aromatic carbocycles. The normalized spacial score (nSPS) is 25.3. The molecule has 0 amide bonds. The van der Waals surface area contributed by atoms with Crippen molar-refractivity contribution in [3.8, 4) is 0 Å². The minimum atomic E-state index is 0.501. The van der Waals surface area contributed by atoms with Gasteiger partial charge in [-0.15, -0.1) is 0 Å². The quantitative estimate of drug-likeness (QED) is 0.820. The van der Waals surface area contributed by atoms with E-state index in [1.165, 1.54) is 43.4 Å². The molecule has 15 heavy (non-hydrogen) atoms. The average molecular weight is 205 g/mol. The molecule has 0 saturated heterocycles. The first kappa shape index (κ1) is 9.46. The van der Waals surface area contributed by atoms with E-state index in [-0.39, 0.29) is 0 Å². The Labute approximate surface area is 91.0 Å². The van der Waals surface area contributed by atoms with Gasteiger partial charge < -0.3 is 9.73 Å². The zero-order valence-electron chi connectivity index (χ0n) is 9.38. The number of nitrogens with one attached hydrogen (secondary N) is 1. The van der Waals surface area contributed by atoms with Crippen LogP contribution in [0.3, 0.4) is 0 Å². The summed E-state index contributed by atoms with van der Waals surface area (Å²) in [7, 11) is 0. The summed E-state index contributed by atoms with van der Waals surface area (Å²) in [5, 5.41) is 3.69. The van der Waals surface area contributed by atoms with Crippen LogP contribution < -0.4 is 5.32 Å². The molecule has 82 valence electrons. The van der Waals surface area contributed by atoms with Gasteiger partial charge in [-0.05, 0) is 43.7 Å². The molecular weight excluding hydrogens is 186 g/mol. The Kier molecular flexibility index (Phi) is 2.32. The molecule has 3 rings (SSSR count). The molecule has 1 unspecified atom stereocenters. The lowest BCUT2D eigenvalue weighted by molar-refractivity contribution is 0.354. The van der Waals surface area contributed by atoms with Crippen LogP contribution in [0.25, 0.3) is 0 Å². The fraction of sp³-hybridized carbons (Fsp3) is 0.692. The van der Waals surface area contributed by atoms with Crippen molar-refractivity contribution < 1.29 is 4.42 Å². The lowest BCUT2D eigenvalue weighted by Crippen LogP contribution is -2.26. The summed E-state index contributed by atoms with van der Waals surface area (Å²) < 4.78 is 5.93. The van der Waals surface area contributed by atoms with Crippen molar-refractivity contribution in [1.82, 2.24) is 5.32 Å². The van der Waals surface area contributed by atoms with E-state index in [4.69, 9.17) is 4.42 Å². The van der Waals surface area contributed by atoms with Crippen molar-refractivity contribution in [3.05, 3.63) is 23.2 Å². The first-order valence-electron chi connectivity index (χ1n) is 6.24. The first-order chi connectivity index (χ1) is 7.36. The summed E-state index contributed by atoms with van der Waals surface area (Å²) in [4.78, 5) is 0. The van der Waals surface area contributed by atoms with Gasteiger partial charge in [0, 0.05) is 12.5 Å². The molecule has 0 aliphatic heterocycles. The van der Waals surface area contributed by atoms with Gasteiger partial charge in [-0.2, -0.15) is 0 Å². The monoisotopic (exact) mass is 205 g/mol. The van der Waals surface area contributed by atoms with Crippen molar-refractivity contribution in [2.45, 2.75) is 57.5 Å². The standard InChI is InChI=1S/C13H19NO/c1-2-11-8-9-4-3-5-12(13(9)15-11)14-10-6-7-10/h8,10,12,14H,2-7H2,1H3. The van der Waals surface area contributed by atoms with E-state index in [0.29, 0.717) is 6.04 Å². The Morgan fingerprint density at radius 3 is 3.00 bits per heavy atom. The van der Waals surface area contributed by atoms with Gasteiger partial charge in [0.2, 0.25) is 0 Å². The van der Waals surface area contributed by atoms with Crippen LogP contribution in [0.1, 0.15) is 55.7 Å². The topological polar surface area (TPSA) is 25.2 Å². The van der Waals surface area contributed by atoms with Crippen molar-refractivity contribution in [2.24, 2.45) is 0 Å². The smallest absolute Gasteiger partial charge is 0.124 e. The second-order valence-corrected chi connectivity index (χ2v) is 4.84. The first-order valence-corrected chi connectivity index (χ1v) is 6.24. The molecule has 0 radical (unpaired) electrons. The van der Waals surface area contributed by atoms with E-state index in [2.05, 4.69) is 18.3 Å².